The molecule has 7 aromatic rings. The minimum atomic E-state index is -4.56. The third kappa shape index (κ3) is 15.3. The Hall–Kier alpha value is -5.43. The van der Waals surface area contributed by atoms with Crippen LogP contribution in [0, 0.1) is 0 Å². The van der Waals surface area contributed by atoms with Gasteiger partial charge in [-0.3, -0.25) is 9.13 Å². The number of nitrogens with two attached hydrogens (primary N) is 1. The average molecular weight is 1050 g/mol. The zero-order valence-electron chi connectivity index (χ0n) is 34.4. The van der Waals surface area contributed by atoms with Crippen LogP contribution in [-0.4, -0.2) is 38.9 Å². The zero-order chi connectivity index (χ0) is 48.8. The summed E-state index contributed by atoms with van der Waals surface area (Å²) in [6.45, 7) is 1.82. The fourth-order valence-electron chi connectivity index (χ4n) is 6.11. The highest BCUT2D eigenvalue weighted by Gasteiger charge is 2.35. The normalized spacial score (nSPS) is 11.9. The van der Waals surface area contributed by atoms with Gasteiger partial charge in [-0.15, -0.1) is 0 Å². The van der Waals surface area contributed by atoms with E-state index < -0.39 is 54.0 Å². The molecule has 3 N–H and O–H groups in total. The minimum Gasteiger partial charge on any atom is -0.457 e. The fourth-order valence-corrected chi connectivity index (χ4v) is 7.42. The van der Waals surface area contributed by atoms with Gasteiger partial charge in [0.15, 0.2) is 19.7 Å². The van der Waals surface area contributed by atoms with Crippen molar-refractivity contribution >= 4 is 86.7 Å². The summed E-state index contributed by atoms with van der Waals surface area (Å²) < 4.78 is 149. The van der Waals surface area contributed by atoms with Crippen molar-refractivity contribution in [2.24, 2.45) is 0 Å². The number of para-hydroxylation sites is 2. The lowest BCUT2D eigenvalue weighted by molar-refractivity contribution is -0.137. The van der Waals surface area contributed by atoms with Crippen molar-refractivity contribution < 1.29 is 57.2 Å². The summed E-state index contributed by atoms with van der Waals surface area (Å²) >= 11 is 13.8. The highest BCUT2D eigenvalue weighted by atomic mass is 36.0. The van der Waals surface area contributed by atoms with Gasteiger partial charge in [0.1, 0.15) is 34.3 Å². The minimum absolute atomic E-state index is 0. The number of fused-ring (bicyclic) bond motifs is 1. The van der Waals surface area contributed by atoms with Gasteiger partial charge < -0.3 is 20.5 Å². The molecule has 358 valence electrons. The van der Waals surface area contributed by atoms with Crippen molar-refractivity contribution in [1.29, 1.82) is 0 Å². The van der Waals surface area contributed by atoms with E-state index in [0.717, 1.165) is 24.6 Å². The molecule has 67 heavy (non-hydrogen) atoms. The molecule has 0 unspecified atom stereocenters. The lowest BCUT2D eigenvalue weighted by Crippen LogP contribution is -2.10. The van der Waals surface area contributed by atoms with E-state index in [0.29, 0.717) is 52.1 Å². The van der Waals surface area contributed by atoms with Crippen LogP contribution in [0.5, 0.6) is 23.0 Å². The van der Waals surface area contributed by atoms with Crippen molar-refractivity contribution in [1.82, 2.24) is 9.55 Å². The number of halogens is 9. The van der Waals surface area contributed by atoms with E-state index >= 15 is 0 Å². The van der Waals surface area contributed by atoms with Gasteiger partial charge in [-0.2, -0.15) is 26.3 Å². The number of imidazole rings is 1. The number of benzene rings is 6. The number of hydrogen-bond acceptors (Lipinski definition) is 10. The van der Waals surface area contributed by atoms with Crippen molar-refractivity contribution in [2.45, 2.75) is 42.9 Å². The van der Waals surface area contributed by atoms with Crippen LogP contribution in [-0.2, 0) is 43.0 Å². The summed E-state index contributed by atoms with van der Waals surface area (Å²) in [5.41, 5.74) is 4.92. The highest BCUT2D eigenvalue weighted by molar-refractivity contribution is 8.24. The molecule has 0 fully saturated rings. The number of sulfone groups is 2. The smallest absolute Gasteiger partial charge is 0.418 e. The van der Waals surface area contributed by atoms with Crippen LogP contribution in [0.15, 0.2) is 143 Å². The van der Waals surface area contributed by atoms with Crippen LogP contribution in [0.1, 0.15) is 31.3 Å². The van der Waals surface area contributed by atoms with Crippen molar-refractivity contribution in [2.75, 3.05) is 23.6 Å². The van der Waals surface area contributed by atoms with E-state index in [1.54, 1.807) is 83.4 Å². The average Bonchev–Trinajstić information content (AvgIpc) is 3.59. The molecule has 11 nitrogen and oxygen atoms in total. The topological polar surface area (TPSA) is 160 Å². The van der Waals surface area contributed by atoms with Crippen LogP contribution in [0.3, 0.4) is 0 Å². The first-order chi connectivity index (χ1) is 30.6. The Bertz CT molecular complexity index is 3140. The molecule has 0 atom stereocenters. The maximum atomic E-state index is 13.5. The largest absolute Gasteiger partial charge is 0.457 e. The Morgan fingerprint density at radius 2 is 1.09 bits per heavy atom. The molecule has 0 aliphatic heterocycles. The second-order valence-electron chi connectivity index (χ2n) is 13.9. The molecular weight excluding hydrogens is 1010 g/mol. The monoisotopic (exact) mass is 1050 g/mol. The Labute approximate surface area is 397 Å². The summed E-state index contributed by atoms with van der Waals surface area (Å²) in [6.07, 6.45) is -6.45. The fraction of sp³-hybridized carbons (Fsp3) is 0.159. The quantitative estimate of drug-likeness (QED) is 0.0767. The molecule has 6 aromatic carbocycles. The van der Waals surface area contributed by atoms with Crippen LogP contribution in [0.4, 0.5) is 43.4 Å². The SMILES string of the molecule is C.CCc1nc2c(C(F)(F)F)cccc2n1-c1cccc(Oc2cccc(S(C)(=O)=O)c2)c1.CS(=O)(=O)c1cccc(Oc2cccc(Nc3cccc(C(F)(F)F)c3N)c2)c1.O=P(Cl)(Cl)Cl. The van der Waals surface area contributed by atoms with Gasteiger partial charge in [0.05, 0.1) is 43.5 Å². The number of nitrogen functional groups attached to an aromatic ring is 1. The summed E-state index contributed by atoms with van der Waals surface area (Å²) in [5, 5.41) is -0.377. The molecule has 7 rings (SSSR count). The molecule has 1 heterocycles. The van der Waals surface area contributed by atoms with E-state index in [-0.39, 0.29) is 28.4 Å². The van der Waals surface area contributed by atoms with Gasteiger partial charge in [0.25, 0.3) is 0 Å². The lowest BCUT2D eigenvalue weighted by atomic mass is 10.1. The van der Waals surface area contributed by atoms with E-state index in [4.69, 9.17) is 15.2 Å². The summed E-state index contributed by atoms with van der Waals surface area (Å²) in [5.74, 6) is 1.89. The molecule has 0 saturated heterocycles. The number of ether oxygens (including phenoxy) is 2. The highest BCUT2D eigenvalue weighted by Crippen LogP contribution is 2.61. The van der Waals surface area contributed by atoms with Crippen molar-refractivity contribution in [3.05, 3.63) is 150 Å². The molecule has 0 spiro atoms. The van der Waals surface area contributed by atoms with Gasteiger partial charge in [0, 0.05) is 36.8 Å². The standard InChI is InChI=1S/C23H19F3N2O3S.C20H17F3N2O3S.CH4.Cl3OP/c1-3-21-27-22-19(23(24,25)26)11-6-12-20(22)28(21)15-7-4-8-16(13-15)31-17-9-5-10-18(14-17)32(2,29)30;1-29(26,27)16-8-3-7-15(12-16)28-14-6-2-5-13(11-14)25-18-10-4-9-17(19(18)24)20(21,22)23;;1-5(2,3)4/h4-14H,3H2,1-2H3;2-12,25H,24H2,1H3;1H4;. The van der Waals surface area contributed by atoms with Gasteiger partial charge in [-0.05, 0) is 119 Å². The molecule has 0 radical (unpaired) electrons. The summed E-state index contributed by atoms with van der Waals surface area (Å²) in [4.78, 5) is 4.50. The number of rotatable bonds is 10. The number of nitrogens with one attached hydrogen (secondary N) is 1. The Morgan fingerprint density at radius 1 is 0.657 bits per heavy atom. The molecule has 0 bridgehead atoms. The third-order valence-corrected chi connectivity index (χ3v) is 11.1. The van der Waals surface area contributed by atoms with Crippen LogP contribution in [0.2, 0.25) is 0 Å². The van der Waals surface area contributed by atoms with E-state index in [2.05, 4.69) is 44.0 Å². The van der Waals surface area contributed by atoms with Gasteiger partial charge >= 0.3 is 17.6 Å². The number of aryl methyl sites for hydroxylation is 1. The van der Waals surface area contributed by atoms with E-state index in [9.17, 15) is 47.7 Å². The summed E-state index contributed by atoms with van der Waals surface area (Å²) in [7, 11) is -6.78. The zero-order valence-corrected chi connectivity index (χ0v) is 39.2. The molecule has 0 aliphatic rings. The Balaban J connectivity index is 0.000000263. The molecule has 0 amide bonds. The van der Waals surface area contributed by atoms with E-state index in [1.165, 1.54) is 42.5 Å². The molecule has 1 aromatic heterocycles. The van der Waals surface area contributed by atoms with Crippen LogP contribution >= 0.6 is 38.9 Å². The number of anilines is 3. The summed E-state index contributed by atoms with van der Waals surface area (Å²) in [6, 6.07) is 33.0. The maximum absolute atomic E-state index is 13.5. The van der Waals surface area contributed by atoms with Crippen molar-refractivity contribution in [3.63, 3.8) is 0 Å². The predicted octanol–water partition coefficient (Wildman–Crippen LogP) is 14.5. The van der Waals surface area contributed by atoms with E-state index in [1.807, 2.05) is 6.92 Å². The molecule has 0 saturated carbocycles. The maximum Gasteiger partial charge on any atom is 0.418 e. The lowest BCUT2D eigenvalue weighted by Gasteiger charge is -2.15. The molecule has 23 heteroatoms. The number of nitrogens with zero attached hydrogens (tertiary/aromatic N) is 2. The second kappa shape index (κ2) is 21.7. The number of hydrogen-bond donors (Lipinski definition) is 2. The number of alkyl halides is 6. The number of aromatic nitrogens is 2. The Kier molecular flexibility index (Phi) is 17.5. The van der Waals surface area contributed by atoms with Crippen LogP contribution < -0.4 is 20.5 Å². The first kappa shape index (κ1) is 54.2. The Morgan fingerprint density at radius 3 is 1.58 bits per heavy atom. The van der Waals surface area contributed by atoms with Gasteiger partial charge in [-0.25, -0.2) is 21.8 Å². The van der Waals surface area contributed by atoms with Gasteiger partial charge in [0.2, 0.25) is 0 Å². The second-order valence-corrected chi connectivity index (χ2v) is 24.6. The predicted molar refractivity (Wildman–Crippen MR) is 252 cm³/mol. The molecular formula is C44H40Cl3F6N4O7PS2. The van der Waals surface area contributed by atoms with Crippen LogP contribution in [0.25, 0.3) is 16.7 Å². The van der Waals surface area contributed by atoms with Gasteiger partial charge in [-0.1, -0.05) is 50.7 Å². The molecule has 0 aliphatic carbocycles. The first-order valence-electron chi connectivity index (χ1n) is 18.8. The third-order valence-electron chi connectivity index (χ3n) is 8.92. The van der Waals surface area contributed by atoms with Crippen molar-refractivity contribution in [3.8, 4) is 28.7 Å². The first-order valence-corrected chi connectivity index (χ1v) is 27.0.